The van der Waals surface area contributed by atoms with Crippen molar-refractivity contribution in [2.75, 3.05) is 40.5 Å². The molecule has 0 aliphatic rings. The predicted molar refractivity (Wildman–Crippen MR) is 150 cm³/mol. The number of nitrogens with two attached hydrogens (primary N) is 1. The van der Waals surface area contributed by atoms with Crippen LogP contribution in [0.1, 0.15) is 42.7 Å². The third-order valence-electron chi connectivity index (χ3n) is 6.77. The number of hydrogen-bond donors (Lipinski definition) is 3. The van der Waals surface area contributed by atoms with Crippen molar-refractivity contribution in [1.82, 2.24) is 10.2 Å². The normalized spacial score (nSPS) is 13.9. The van der Waals surface area contributed by atoms with Crippen LogP contribution in [0.2, 0.25) is 0 Å². The number of hydrogen-bond acceptors (Lipinski definition) is 7. The fourth-order valence-electron chi connectivity index (χ4n) is 3.94. The maximum atomic E-state index is 14.2. The van der Waals surface area contributed by atoms with E-state index < -0.39 is 41.8 Å². The molecule has 2 unspecified atom stereocenters. The van der Waals surface area contributed by atoms with Crippen LogP contribution in [0, 0.1) is 11.7 Å². The third-order valence-corrected chi connectivity index (χ3v) is 6.77. The lowest BCUT2D eigenvalue weighted by Gasteiger charge is -2.36. The van der Waals surface area contributed by atoms with Crippen LogP contribution in [0.15, 0.2) is 66.4 Å². The van der Waals surface area contributed by atoms with E-state index in [1.807, 2.05) is 0 Å². The molecule has 11 heteroatoms. The van der Waals surface area contributed by atoms with Crippen LogP contribution < -0.4 is 20.5 Å². The maximum absolute atomic E-state index is 14.2. The number of likely N-dealkylation sites (N-methyl/N-ethyl adjacent to an activating group) is 1. The van der Waals surface area contributed by atoms with Crippen LogP contribution >= 0.6 is 0 Å². The second kappa shape index (κ2) is 14.5. The van der Waals surface area contributed by atoms with Crippen molar-refractivity contribution in [1.29, 1.82) is 0 Å². The van der Waals surface area contributed by atoms with Crippen molar-refractivity contribution in [3.63, 3.8) is 0 Å². The fraction of sp³-hybridized carbons (Fsp3) is 0.433. The summed E-state index contributed by atoms with van der Waals surface area (Å²) in [6.45, 7) is 7.95. The second-order valence-corrected chi connectivity index (χ2v) is 10.3. The molecule has 7 nitrogen and oxygen atoms in total. The van der Waals surface area contributed by atoms with E-state index in [9.17, 15) is 22.4 Å². The van der Waals surface area contributed by atoms with Crippen LogP contribution in [-0.4, -0.2) is 68.0 Å². The molecular formula is C30H39F4N3O4. The lowest BCUT2D eigenvalue weighted by atomic mass is 9.92. The molecule has 2 rings (SSSR count). The number of nitrogens with zero attached hydrogens (tertiary/aromatic N) is 1. The van der Waals surface area contributed by atoms with E-state index in [2.05, 4.69) is 11.9 Å². The van der Waals surface area contributed by atoms with Crippen molar-refractivity contribution in [3.05, 3.63) is 83.3 Å². The number of ether oxygens (including phenoxy) is 2. The third kappa shape index (κ3) is 9.58. The van der Waals surface area contributed by atoms with Crippen molar-refractivity contribution in [2.45, 2.75) is 38.5 Å². The molecule has 41 heavy (non-hydrogen) atoms. The van der Waals surface area contributed by atoms with Crippen LogP contribution in [-0.2, 0) is 0 Å². The number of aliphatic hydroxyl groups excluding tert-OH is 1. The Balaban J connectivity index is 2.24. The van der Waals surface area contributed by atoms with Crippen molar-refractivity contribution >= 4 is 5.78 Å². The Hall–Kier alpha value is -3.41. The van der Waals surface area contributed by atoms with E-state index in [-0.39, 0.29) is 36.8 Å². The van der Waals surface area contributed by atoms with E-state index in [4.69, 9.17) is 20.3 Å². The molecule has 0 aliphatic heterocycles. The molecule has 0 amide bonds. The number of aliphatic hydroxyl groups is 1. The van der Waals surface area contributed by atoms with E-state index in [0.717, 1.165) is 5.57 Å². The monoisotopic (exact) mass is 581 g/mol. The van der Waals surface area contributed by atoms with E-state index in [1.54, 1.807) is 26.8 Å². The Morgan fingerprint density at radius 2 is 1.80 bits per heavy atom. The summed E-state index contributed by atoms with van der Waals surface area (Å²) in [7, 11) is 2.87. The Morgan fingerprint density at radius 3 is 2.34 bits per heavy atom. The van der Waals surface area contributed by atoms with Gasteiger partial charge in [0, 0.05) is 30.4 Å². The van der Waals surface area contributed by atoms with Gasteiger partial charge in [-0.3, -0.25) is 4.79 Å². The molecule has 4 N–H and O–H groups in total. The van der Waals surface area contributed by atoms with E-state index in [1.165, 1.54) is 61.5 Å². The number of methoxy groups -OCH3 is 1. The molecular weight excluding hydrogens is 542 g/mol. The molecule has 0 bridgehead atoms. The molecule has 226 valence electrons. The summed E-state index contributed by atoms with van der Waals surface area (Å²) < 4.78 is 66.9. The number of nitrogens with one attached hydrogen (secondary N) is 1. The van der Waals surface area contributed by atoms with Gasteiger partial charge in [-0.1, -0.05) is 30.4 Å². The zero-order valence-corrected chi connectivity index (χ0v) is 24.0. The first-order valence-electron chi connectivity index (χ1n) is 13.0. The summed E-state index contributed by atoms with van der Waals surface area (Å²) in [6, 6.07) is 9.16. The summed E-state index contributed by atoms with van der Waals surface area (Å²) in [5.74, 6) is -2.37. The largest absolute Gasteiger partial charge is 0.493 e. The Labute approximate surface area is 238 Å². The number of alkyl halides is 3. The average Bonchev–Trinajstić information content (AvgIpc) is 2.91. The molecule has 0 aromatic heterocycles. The summed E-state index contributed by atoms with van der Waals surface area (Å²) in [6.07, 6.45) is -2.93. The average molecular weight is 582 g/mol. The minimum Gasteiger partial charge on any atom is -0.493 e. The number of halogens is 4. The molecule has 0 aliphatic carbocycles. The lowest BCUT2D eigenvalue weighted by Crippen LogP contribution is -2.41. The first-order valence-corrected chi connectivity index (χ1v) is 13.0. The Kier molecular flexibility index (Phi) is 11.9. The van der Waals surface area contributed by atoms with Crippen molar-refractivity contribution in [3.8, 4) is 11.5 Å². The summed E-state index contributed by atoms with van der Waals surface area (Å²) in [4.78, 5) is 14.1. The predicted octanol–water partition coefficient (Wildman–Crippen LogP) is 5.03. The van der Waals surface area contributed by atoms with Gasteiger partial charge in [-0.15, -0.1) is 0 Å². The van der Waals surface area contributed by atoms with Gasteiger partial charge < -0.3 is 30.5 Å². The maximum Gasteiger partial charge on any atom is 0.398 e. The van der Waals surface area contributed by atoms with Gasteiger partial charge in [-0.05, 0) is 56.7 Å². The van der Waals surface area contributed by atoms with Gasteiger partial charge in [-0.2, -0.15) is 13.2 Å². The van der Waals surface area contributed by atoms with Crippen LogP contribution in [0.5, 0.6) is 11.5 Å². The number of rotatable bonds is 15. The molecule has 0 radical (unpaired) electrons. The number of ketones is 1. The fourth-order valence-corrected chi connectivity index (χ4v) is 3.94. The number of benzene rings is 2. The van der Waals surface area contributed by atoms with Gasteiger partial charge in [0.25, 0.3) is 0 Å². The van der Waals surface area contributed by atoms with Crippen LogP contribution in [0.3, 0.4) is 0 Å². The molecule has 2 aromatic rings. The highest BCUT2D eigenvalue weighted by atomic mass is 19.4. The standard InChI is InChI=1S/C30H39F4N3O4/c1-19(29(3,4)35)15-25(21-7-10-23(31)11-8-21)37(5)20(2)24(30(32,33)34)17-36-18-26(39)22-9-12-27(41-14-13-38)28(16-22)40-6/h7-12,15-16,24-25,36,38H,2,13-14,17-18,35H2,1,3-6H3. The molecule has 2 aromatic carbocycles. The first kappa shape index (κ1) is 33.8. The lowest BCUT2D eigenvalue weighted by molar-refractivity contribution is -0.167. The summed E-state index contributed by atoms with van der Waals surface area (Å²) >= 11 is 0. The summed E-state index contributed by atoms with van der Waals surface area (Å²) in [5.41, 5.74) is 6.73. The molecule has 0 spiro atoms. The number of carbonyl (C=O) groups is 1. The van der Waals surface area contributed by atoms with Crippen molar-refractivity contribution in [2.24, 2.45) is 11.7 Å². The smallest absolute Gasteiger partial charge is 0.398 e. The first-order chi connectivity index (χ1) is 19.1. The minimum absolute atomic E-state index is 0.0315. The van der Waals surface area contributed by atoms with Gasteiger partial charge in [0.2, 0.25) is 0 Å². The molecule has 0 saturated heterocycles. The molecule has 0 heterocycles. The molecule has 2 atom stereocenters. The topological polar surface area (TPSA) is 97.0 Å². The SMILES string of the molecule is C=C(C(CNCC(=O)c1ccc(OCCO)c(OC)c1)C(F)(F)F)N(C)C(C=C(C)C(C)(C)N)c1ccc(F)cc1. The van der Waals surface area contributed by atoms with Gasteiger partial charge in [-0.25, -0.2) is 4.39 Å². The van der Waals surface area contributed by atoms with Gasteiger partial charge in [0.05, 0.1) is 26.3 Å². The Morgan fingerprint density at radius 1 is 1.17 bits per heavy atom. The van der Waals surface area contributed by atoms with Gasteiger partial charge in [0.15, 0.2) is 17.3 Å². The molecule has 0 saturated carbocycles. The number of Topliss-reactive ketones (excluding diaryl/α,β-unsaturated/α-hetero) is 1. The Bertz CT molecular complexity index is 1210. The van der Waals surface area contributed by atoms with Crippen LogP contribution in [0.4, 0.5) is 17.6 Å². The minimum atomic E-state index is -4.67. The highest BCUT2D eigenvalue weighted by molar-refractivity contribution is 5.98. The van der Waals surface area contributed by atoms with Gasteiger partial charge in [0.1, 0.15) is 18.3 Å². The highest BCUT2D eigenvalue weighted by Gasteiger charge is 2.43. The van der Waals surface area contributed by atoms with E-state index >= 15 is 0 Å². The summed E-state index contributed by atoms with van der Waals surface area (Å²) in [5, 5.41) is 11.6. The molecule has 0 fully saturated rings. The zero-order valence-electron chi connectivity index (χ0n) is 24.0. The second-order valence-electron chi connectivity index (χ2n) is 10.3. The van der Waals surface area contributed by atoms with Crippen molar-refractivity contribution < 1.29 is 36.9 Å². The highest BCUT2D eigenvalue weighted by Crippen LogP contribution is 2.36. The quantitative estimate of drug-likeness (QED) is 0.154. The number of carbonyl (C=O) groups excluding carboxylic acids is 1. The zero-order chi connectivity index (χ0) is 31.0. The van der Waals surface area contributed by atoms with E-state index in [0.29, 0.717) is 11.3 Å². The van der Waals surface area contributed by atoms with Gasteiger partial charge >= 0.3 is 6.18 Å². The van der Waals surface area contributed by atoms with Crippen LogP contribution in [0.25, 0.3) is 0 Å².